The van der Waals surface area contributed by atoms with Crippen LogP contribution in [0.15, 0.2) is 18.2 Å². The maximum atomic E-state index is 13.4. The van der Waals surface area contributed by atoms with Gasteiger partial charge in [-0.15, -0.1) is 0 Å². The van der Waals surface area contributed by atoms with Crippen molar-refractivity contribution in [2.24, 2.45) is 5.92 Å². The molecule has 2 heteroatoms. The van der Waals surface area contributed by atoms with E-state index in [0.29, 0.717) is 5.92 Å². The summed E-state index contributed by atoms with van der Waals surface area (Å²) in [6.45, 7) is 3.98. The number of aryl methyl sites for hydroxylation is 1. The number of hydrogen-bond donors (Lipinski definition) is 1. The highest BCUT2D eigenvalue weighted by Gasteiger charge is 2.18. The van der Waals surface area contributed by atoms with Gasteiger partial charge >= 0.3 is 0 Å². The number of nitrogens with one attached hydrogen (secondary N) is 1. The van der Waals surface area contributed by atoms with Crippen LogP contribution >= 0.6 is 0 Å². The average Bonchev–Trinajstić information content (AvgIpc) is 1.99. The third kappa shape index (κ3) is 1.89. The highest BCUT2D eigenvalue weighted by Crippen LogP contribution is 2.16. The molecule has 1 N–H and O–H groups in total. The van der Waals surface area contributed by atoms with Gasteiger partial charge in [0.15, 0.2) is 0 Å². The van der Waals surface area contributed by atoms with Crippen LogP contribution in [0.1, 0.15) is 11.1 Å². The smallest absolute Gasteiger partial charge is 0.126 e. The van der Waals surface area contributed by atoms with E-state index in [-0.39, 0.29) is 5.82 Å². The maximum absolute atomic E-state index is 13.4. The molecule has 13 heavy (non-hydrogen) atoms. The highest BCUT2D eigenvalue weighted by molar-refractivity contribution is 5.24. The Morgan fingerprint density at radius 3 is 2.77 bits per heavy atom. The minimum atomic E-state index is -0.0492. The summed E-state index contributed by atoms with van der Waals surface area (Å²) in [7, 11) is 0. The molecule has 1 fully saturated rings. The van der Waals surface area contributed by atoms with Crippen LogP contribution in [0.3, 0.4) is 0 Å². The van der Waals surface area contributed by atoms with Crippen molar-refractivity contribution >= 4 is 0 Å². The van der Waals surface area contributed by atoms with Gasteiger partial charge in [0.1, 0.15) is 5.82 Å². The average molecular weight is 179 g/mol. The van der Waals surface area contributed by atoms with Gasteiger partial charge in [0.25, 0.3) is 0 Å². The van der Waals surface area contributed by atoms with Gasteiger partial charge in [0.05, 0.1) is 0 Å². The molecule has 0 aliphatic carbocycles. The number of halogens is 1. The van der Waals surface area contributed by atoms with Crippen LogP contribution in [0.4, 0.5) is 4.39 Å². The summed E-state index contributed by atoms with van der Waals surface area (Å²) in [4.78, 5) is 0. The molecule has 0 atom stereocenters. The lowest BCUT2D eigenvalue weighted by Gasteiger charge is -2.27. The van der Waals surface area contributed by atoms with Gasteiger partial charge in [0, 0.05) is 0 Å². The van der Waals surface area contributed by atoms with Crippen molar-refractivity contribution in [3.63, 3.8) is 0 Å². The van der Waals surface area contributed by atoms with Crippen molar-refractivity contribution in [2.45, 2.75) is 13.3 Å². The Bertz CT molecular complexity index is 305. The van der Waals surface area contributed by atoms with E-state index in [0.717, 1.165) is 30.6 Å². The molecule has 1 heterocycles. The van der Waals surface area contributed by atoms with Gasteiger partial charge < -0.3 is 5.32 Å². The van der Waals surface area contributed by atoms with Crippen LogP contribution in [0.5, 0.6) is 0 Å². The van der Waals surface area contributed by atoms with E-state index in [1.54, 1.807) is 6.07 Å². The Hall–Kier alpha value is -0.890. The van der Waals surface area contributed by atoms with Gasteiger partial charge in [-0.2, -0.15) is 0 Å². The molecule has 0 aromatic heterocycles. The molecular formula is C11H14FN. The van der Waals surface area contributed by atoms with Gasteiger partial charge in [-0.1, -0.05) is 12.1 Å². The standard InChI is InChI=1S/C11H14FN/c1-8-2-3-10(11(12)4-8)5-9-6-13-7-9/h2-4,9,13H,5-7H2,1H3. The van der Waals surface area contributed by atoms with E-state index < -0.39 is 0 Å². The summed E-state index contributed by atoms with van der Waals surface area (Å²) in [5.74, 6) is 0.587. The second kappa shape index (κ2) is 3.46. The molecule has 1 aromatic carbocycles. The van der Waals surface area contributed by atoms with Crippen molar-refractivity contribution in [1.29, 1.82) is 0 Å². The molecule has 1 aromatic rings. The summed E-state index contributed by atoms with van der Waals surface area (Å²) in [5.41, 5.74) is 1.85. The zero-order valence-corrected chi connectivity index (χ0v) is 7.81. The second-order valence-electron chi connectivity index (χ2n) is 3.82. The van der Waals surface area contributed by atoms with Crippen LogP contribution in [-0.4, -0.2) is 13.1 Å². The molecule has 70 valence electrons. The summed E-state index contributed by atoms with van der Waals surface area (Å²) in [6, 6.07) is 5.49. The fourth-order valence-electron chi connectivity index (χ4n) is 1.62. The van der Waals surface area contributed by atoms with Crippen LogP contribution < -0.4 is 5.32 Å². The Morgan fingerprint density at radius 1 is 1.46 bits per heavy atom. The minimum Gasteiger partial charge on any atom is -0.316 e. The summed E-state index contributed by atoms with van der Waals surface area (Å²) < 4.78 is 13.4. The van der Waals surface area contributed by atoms with Crippen molar-refractivity contribution in [3.05, 3.63) is 35.1 Å². The van der Waals surface area contributed by atoms with Crippen molar-refractivity contribution < 1.29 is 4.39 Å². The van der Waals surface area contributed by atoms with E-state index >= 15 is 0 Å². The number of hydrogen-bond acceptors (Lipinski definition) is 1. The Kier molecular flexibility index (Phi) is 2.32. The van der Waals surface area contributed by atoms with E-state index in [9.17, 15) is 4.39 Å². The van der Waals surface area contributed by atoms with Gasteiger partial charge in [-0.3, -0.25) is 0 Å². The summed E-state index contributed by atoms with van der Waals surface area (Å²) in [6.07, 6.45) is 0.874. The molecule has 0 radical (unpaired) electrons. The van der Waals surface area contributed by atoms with Crippen molar-refractivity contribution in [3.8, 4) is 0 Å². The van der Waals surface area contributed by atoms with Crippen LogP contribution in [0.2, 0.25) is 0 Å². The lowest BCUT2D eigenvalue weighted by atomic mass is 9.94. The Labute approximate surface area is 78.0 Å². The first-order valence-corrected chi connectivity index (χ1v) is 4.71. The highest BCUT2D eigenvalue weighted by atomic mass is 19.1. The Balaban J connectivity index is 2.10. The predicted octanol–water partition coefficient (Wildman–Crippen LogP) is 1.90. The van der Waals surface area contributed by atoms with Crippen LogP contribution in [0.25, 0.3) is 0 Å². The molecule has 0 amide bonds. The zero-order valence-electron chi connectivity index (χ0n) is 7.81. The number of rotatable bonds is 2. The predicted molar refractivity (Wildman–Crippen MR) is 51.2 cm³/mol. The quantitative estimate of drug-likeness (QED) is 0.731. The van der Waals surface area contributed by atoms with E-state index in [1.807, 2.05) is 19.1 Å². The molecule has 0 saturated carbocycles. The molecule has 1 saturated heterocycles. The normalized spacial score (nSPS) is 17.1. The lowest BCUT2D eigenvalue weighted by Crippen LogP contribution is -2.43. The monoisotopic (exact) mass is 179 g/mol. The third-order valence-electron chi connectivity index (χ3n) is 2.58. The number of benzene rings is 1. The molecule has 0 bridgehead atoms. The van der Waals surface area contributed by atoms with E-state index in [4.69, 9.17) is 0 Å². The topological polar surface area (TPSA) is 12.0 Å². The SMILES string of the molecule is Cc1ccc(CC2CNC2)c(F)c1. The summed E-state index contributed by atoms with van der Waals surface area (Å²) in [5, 5.41) is 3.19. The van der Waals surface area contributed by atoms with Gasteiger partial charge in [0.2, 0.25) is 0 Å². The fraction of sp³-hybridized carbons (Fsp3) is 0.455. The molecule has 1 nitrogen and oxygen atoms in total. The summed E-state index contributed by atoms with van der Waals surface area (Å²) >= 11 is 0. The van der Waals surface area contributed by atoms with E-state index in [2.05, 4.69) is 5.32 Å². The van der Waals surface area contributed by atoms with Gasteiger partial charge in [-0.05, 0) is 49.5 Å². The van der Waals surface area contributed by atoms with Crippen molar-refractivity contribution in [2.75, 3.05) is 13.1 Å². The molecule has 1 aliphatic heterocycles. The van der Waals surface area contributed by atoms with Crippen molar-refractivity contribution in [1.82, 2.24) is 5.32 Å². The van der Waals surface area contributed by atoms with Crippen LogP contribution in [-0.2, 0) is 6.42 Å². The fourth-order valence-corrected chi connectivity index (χ4v) is 1.62. The second-order valence-corrected chi connectivity index (χ2v) is 3.82. The molecule has 0 spiro atoms. The lowest BCUT2D eigenvalue weighted by molar-refractivity contribution is 0.343. The molecule has 0 unspecified atom stereocenters. The molecular weight excluding hydrogens is 165 g/mol. The van der Waals surface area contributed by atoms with Crippen LogP contribution in [0, 0.1) is 18.7 Å². The minimum absolute atomic E-state index is 0.0492. The zero-order chi connectivity index (χ0) is 9.26. The largest absolute Gasteiger partial charge is 0.316 e. The molecule has 1 aliphatic rings. The van der Waals surface area contributed by atoms with E-state index in [1.165, 1.54) is 0 Å². The van der Waals surface area contributed by atoms with Gasteiger partial charge in [-0.25, -0.2) is 4.39 Å². The Morgan fingerprint density at radius 2 is 2.23 bits per heavy atom. The first-order chi connectivity index (χ1) is 6.25. The third-order valence-corrected chi connectivity index (χ3v) is 2.58. The molecule has 2 rings (SSSR count). The first-order valence-electron chi connectivity index (χ1n) is 4.71. The first kappa shape index (κ1) is 8.70. The maximum Gasteiger partial charge on any atom is 0.126 e.